The number of carboxylic acids is 1. The number of rotatable bonds is 14. The summed E-state index contributed by atoms with van der Waals surface area (Å²) in [5.41, 5.74) is 0. The highest BCUT2D eigenvalue weighted by Gasteiger charge is 1.90. The van der Waals surface area contributed by atoms with Crippen LogP contribution in [0.15, 0.2) is 72.9 Å². The highest BCUT2D eigenvalue weighted by molar-refractivity contribution is 5.66. The van der Waals surface area contributed by atoms with Crippen LogP contribution in [0.25, 0.3) is 0 Å². The van der Waals surface area contributed by atoms with Gasteiger partial charge in [-0.05, 0) is 44.9 Å². The molecular formula is C22H32O2. The molecule has 0 bridgehead atoms. The molecule has 2 nitrogen and oxygen atoms in total. The third kappa shape index (κ3) is 19.9. The standard InChI is InChI=1S/C22H32O2/c1-2-3-4-5-6-7-8-9-10-11-12-13-14-15-16-17-18-19-20-21-22(23)24/h3-4,6-7,9-10,12-13,15-16,18-19H,2,5,8,11,14,17,20-21H2,1H3,(H,23,24)/b4-3-,7-6-,10-9-,13-12+,16-15-,19-18-/i1D3,2D2. The fraction of sp³-hybridized carbons (Fsp3) is 0.409. The molecule has 0 radical (unpaired) electrons. The van der Waals surface area contributed by atoms with E-state index in [4.69, 9.17) is 12.0 Å². The highest BCUT2D eigenvalue weighted by Crippen LogP contribution is 1.97. The summed E-state index contributed by atoms with van der Waals surface area (Å²) in [4.78, 5) is 10.3. The Labute approximate surface area is 154 Å². The zero-order valence-corrected chi connectivity index (χ0v) is 14.2. The first-order chi connectivity index (χ1) is 13.7. The minimum Gasteiger partial charge on any atom is -0.481 e. The summed E-state index contributed by atoms with van der Waals surface area (Å²) in [6.07, 6.45) is 25.1. The fourth-order valence-electron chi connectivity index (χ4n) is 1.71. The Morgan fingerprint density at radius 2 is 1.12 bits per heavy atom. The largest absolute Gasteiger partial charge is 0.481 e. The summed E-state index contributed by atoms with van der Waals surface area (Å²) >= 11 is 0. The van der Waals surface area contributed by atoms with Gasteiger partial charge in [0.25, 0.3) is 0 Å². The van der Waals surface area contributed by atoms with Gasteiger partial charge < -0.3 is 5.11 Å². The van der Waals surface area contributed by atoms with Crippen molar-refractivity contribution in [2.75, 3.05) is 0 Å². The monoisotopic (exact) mass is 333 g/mol. The molecule has 0 amide bonds. The first kappa shape index (κ1) is 14.3. The first-order valence-corrected chi connectivity index (χ1v) is 8.31. The molecule has 132 valence electrons. The van der Waals surface area contributed by atoms with Gasteiger partial charge >= 0.3 is 5.97 Å². The quantitative estimate of drug-likeness (QED) is 0.366. The second kappa shape index (κ2) is 19.0. The van der Waals surface area contributed by atoms with E-state index in [2.05, 4.69) is 30.4 Å². The molecule has 0 aromatic heterocycles. The van der Waals surface area contributed by atoms with Crippen LogP contribution in [0.1, 0.15) is 65.0 Å². The van der Waals surface area contributed by atoms with Gasteiger partial charge in [0.05, 0.1) is 0 Å². The van der Waals surface area contributed by atoms with Crippen molar-refractivity contribution >= 4 is 5.97 Å². The number of hydrogen-bond acceptors (Lipinski definition) is 1. The van der Waals surface area contributed by atoms with Gasteiger partial charge in [0.1, 0.15) is 0 Å². The molecule has 0 spiro atoms. The molecule has 0 aliphatic rings. The van der Waals surface area contributed by atoms with Crippen molar-refractivity contribution in [3.63, 3.8) is 0 Å². The van der Waals surface area contributed by atoms with Crippen LogP contribution in [-0.4, -0.2) is 11.1 Å². The Bertz CT molecular complexity index is 624. The van der Waals surface area contributed by atoms with Crippen molar-refractivity contribution in [3.8, 4) is 0 Å². The smallest absolute Gasteiger partial charge is 0.303 e. The van der Waals surface area contributed by atoms with Gasteiger partial charge in [-0.15, -0.1) is 0 Å². The highest BCUT2D eigenvalue weighted by atomic mass is 16.4. The molecule has 0 saturated heterocycles. The van der Waals surface area contributed by atoms with E-state index in [1.807, 2.05) is 30.4 Å². The number of carbonyl (C=O) groups is 1. The lowest BCUT2D eigenvalue weighted by Gasteiger charge is -1.87. The molecule has 0 aromatic carbocycles. The van der Waals surface area contributed by atoms with Crippen molar-refractivity contribution < 1.29 is 16.8 Å². The number of allylic oxidation sites excluding steroid dienone is 12. The van der Waals surface area contributed by atoms with E-state index in [-0.39, 0.29) is 6.42 Å². The second-order valence-corrected chi connectivity index (χ2v) is 5.01. The van der Waals surface area contributed by atoms with Crippen LogP contribution in [-0.2, 0) is 4.79 Å². The Hall–Kier alpha value is -2.09. The van der Waals surface area contributed by atoms with Gasteiger partial charge in [0.2, 0.25) is 0 Å². The molecule has 0 aliphatic heterocycles. The van der Waals surface area contributed by atoms with Crippen LogP contribution >= 0.6 is 0 Å². The molecule has 0 saturated carbocycles. The normalized spacial score (nSPS) is 17.2. The van der Waals surface area contributed by atoms with Crippen molar-refractivity contribution in [2.24, 2.45) is 0 Å². The van der Waals surface area contributed by atoms with Gasteiger partial charge in [-0.3, -0.25) is 4.79 Å². The van der Waals surface area contributed by atoms with Gasteiger partial charge in [0, 0.05) is 13.3 Å². The molecule has 0 unspecified atom stereocenters. The topological polar surface area (TPSA) is 37.3 Å². The van der Waals surface area contributed by atoms with Gasteiger partial charge in [-0.25, -0.2) is 0 Å². The molecule has 1 N–H and O–H groups in total. The lowest BCUT2D eigenvalue weighted by Crippen LogP contribution is -1.91. The Kier molecular flexibility index (Phi) is 11.3. The van der Waals surface area contributed by atoms with Crippen LogP contribution in [0.3, 0.4) is 0 Å². The van der Waals surface area contributed by atoms with E-state index in [1.165, 1.54) is 6.08 Å². The minimum absolute atomic E-state index is 0.175. The second-order valence-electron chi connectivity index (χ2n) is 5.01. The summed E-state index contributed by atoms with van der Waals surface area (Å²) in [6, 6.07) is 0. The summed E-state index contributed by atoms with van der Waals surface area (Å²) in [7, 11) is 0. The maximum atomic E-state index is 10.3. The van der Waals surface area contributed by atoms with Crippen LogP contribution in [0, 0.1) is 0 Å². The van der Waals surface area contributed by atoms with Gasteiger partial charge in [-0.2, -0.15) is 0 Å². The summed E-state index contributed by atoms with van der Waals surface area (Å²) in [5.74, 6) is -0.772. The Morgan fingerprint density at radius 3 is 1.50 bits per heavy atom. The van der Waals surface area contributed by atoms with Gasteiger partial charge in [-0.1, -0.05) is 79.8 Å². The van der Waals surface area contributed by atoms with E-state index in [1.54, 1.807) is 0 Å². The third-order valence-electron chi connectivity index (χ3n) is 2.92. The van der Waals surface area contributed by atoms with Crippen LogP contribution in [0.5, 0.6) is 0 Å². The number of carboxylic acid groups (broad SMARTS) is 1. The third-order valence-corrected chi connectivity index (χ3v) is 2.92. The molecule has 24 heavy (non-hydrogen) atoms. The summed E-state index contributed by atoms with van der Waals surface area (Å²) in [6.45, 7) is -2.64. The van der Waals surface area contributed by atoms with Crippen LogP contribution in [0.2, 0.25) is 0 Å². The summed E-state index contributed by atoms with van der Waals surface area (Å²) < 4.78 is 36.2. The molecule has 0 fully saturated rings. The minimum atomic E-state index is -2.64. The molecule has 0 heterocycles. The van der Waals surface area contributed by atoms with Crippen LogP contribution < -0.4 is 0 Å². The average molecular weight is 334 g/mol. The Balaban J connectivity index is 3.77. The van der Waals surface area contributed by atoms with Crippen molar-refractivity contribution in [2.45, 2.75) is 58.2 Å². The molecular weight excluding hydrogens is 296 g/mol. The molecule has 0 atom stereocenters. The molecule has 0 aromatic rings. The summed E-state index contributed by atoms with van der Waals surface area (Å²) in [5, 5.41) is 8.50. The van der Waals surface area contributed by atoms with E-state index in [0.717, 1.165) is 31.8 Å². The Morgan fingerprint density at radius 1 is 0.750 bits per heavy atom. The van der Waals surface area contributed by atoms with Gasteiger partial charge in [0.15, 0.2) is 0 Å². The molecule has 0 aliphatic carbocycles. The average Bonchev–Trinajstić information content (AvgIpc) is 2.62. The van der Waals surface area contributed by atoms with Crippen molar-refractivity contribution in [1.82, 2.24) is 0 Å². The predicted molar refractivity (Wildman–Crippen MR) is 105 cm³/mol. The first-order valence-electron chi connectivity index (χ1n) is 10.8. The van der Waals surface area contributed by atoms with E-state index in [9.17, 15) is 4.79 Å². The van der Waals surface area contributed by atoms with Crippen molar-refractivity contribution in [3.05, 3.63) is 72.9 Å². The lowest BCUT2D eigenvalue weighted by molar-refractivity contribution is -0.136. The molecule has 0 rings (SSSR count). The van der Waals surface area contributed by atoms with E-state index < -0.39 is 19.2 Å². The zero-order chi connectivity index (χ0) is 22.0. The SMILES string of the molecule is [2H]C([2H])([2H])C([2H])([2H])/C=C\C/C=C\C/C=C\C/C=C/C/C=C\C/C=C\CCC(=O)O. The zero-order valence-electron chi connectivity index (χ0n) is 19.2. The predicted octanol–water partition coefficient (Wildman–Crippen LogP) is 6.55. The fourth-order valence-corrected chi connectivity index (χ4v) is 1.71. The maximum absolute atomic E-state index is 10.3. The number of aliphatic carboxylic acids is 1. The van der Waals surface area contributed by atoms with E-state index in [0.29, 0.717) is 12.8 Å². The van der Waals surface area contributed by atoms with Crippen LogP contribution in [0.4, 0.5) is 0 Å². The van der Waals surface area contributed by atoms with E-state index >= 15 is 0 Å². The lowest BCUT2D eigenvalue weighted by atomic mass is 10.2. The van der Waals surface area contributed by atoms with Crippen molar-refractivity contribution in [1.29, 1.82) is 0 Å². The maximum Gasteiger partial charge on any atom is 0.303 e. The number of hydrogen-bond donors (Lipinski definition) is 1. The molecule has 2 heteroatoms.